The molecular formula is C11H14S2. The van der Waals surface area contributed by atoms with Gasteiger partial charge in [-0.1, -0.05) is 24.6 Å². The van der Waals surface area contributed by atoms with E-state index in [1.165, 1.54) is 29.9 Å². The number of benzene rings is 1. The summed E-state index contributed by atoms with van der Waals surface area (Å²) in [5, 5.41) is 0. The van der Waals surface area contributed by atoms with Gasteiger partial charge in [-0.25, -0.2) is 0 Å². The van der Waals surface area contributed by atoms with Gasteiger partial charge in [0.05, 0.1) is 4.58 Å². The van der Waals surface area contributed by atoms with Crippen LogP contribution in [0.4, 0.5) is 0 Å². The first-order valence-corrected chi connectivity index (χ1v) is 6.71. The van der Waals surface area contributed by atoms with Gasteiger partial charge < -0.3 is 0 Å². The van der Waals surface area contributed by atoms with Gasteiger partial charge in [-0.2, -0.15) is 0 Å². The zero-order valence-corrected chi connectivity index (χ0v) is 9.24. The van der Waals surface area contributed by atoms with Gasteiger partial charge in [-0.05, 0) is 30.7 Å². The monoisotopic (exact) mass is 210 g/mol. The molecule has 1 saturated heterocycles. The van der Waals surface area contributed by atoms with E-state index < -0.39 is 0 Å². The Morgan fingerprint density at radius 3 is 2.69 bits per heavy atom. The normalized spacial score (nSPS) is 22.9. The molecule has 1 atom stereocenters. The van der Waals surface area contributed by atoms with Crippen molar-refractivity contribution < 1.29 is 0 Å². The zero-order chi connectivity index (χ0) is 8.93. The number of rotatable bonds is 2. The summed E-state index contributed by atoms with van der Waals surface area (Å²) in [6.07, 6.45) is 4.21. The van der Waals surface area contributed by atoms with Gasteiger partial charge >= 0.3 is 0 Å². The first kappa shape index (κ1) is 9.47. The second kappa shape index (κ2) is 4.97. The molecule has 0 bridgehead atoms. The molecule has 13 heavy (non-hydrogen) atoms. The van der Waals surface area contributed by atoms with Crippen LogP contribution in [0.2, 0.25) is 0 Å². The lowest BCUT2D eigenvalue weighted by Gasteiger charge is -2.20. The van der Waals surface area contributed by atoms with Crippen LogP contribution in [0, 0.1) is 0 Å². The van der Waals surface area contributed by atoms with Crippen molar-refractivity contribution in [2.24, 2.45) is 0 Å². The van der Waals surface area contributed by atoms with Crippen LogP contribution in [0.3, 0.4) is 0 Å². The fourth-order valence-electron chi connectivity index (χ4n) is 1.45. The molecule has 0 spiro atoms. The van der Waals surface area contributed by atoms with Crippen LogP contribution in [0.5, 0.6) is 0 Å². The fraction of sp³-hybridized carbons (Fsp3) is 0.455. The van der Waals surface area contributed by atoms with Gasteiger partial charge in [-0.15, -0.1) is 23.5 Å². The molecule has 1 fully saturated rings. The van der Waals surface area contributed by atoms with Crippen LogP contribution in [0.1, 0.15) is 19.3 Å². The predicted molar refractivity (Wildman–Crippen MR) is 62.4 cm³/mol. The van der Waals surface area contributed by atoms with E-state index in [9.17, 15) is 0 Å². The van der Waals surface area contributed by atoms with Crippen molar-refractivity contribution in [1.29, 1.82) is 0 Å². The number of hydrogen-bond acceptors (Lipinski definition) is 2. The van der Waals surface area contributed by atoms with Crippen molar-refractivity contribution in [3.05, 3.63) is 30.3 Å². The maximum absolute atomic E-state index is 2.21. The van der Waals surface area contributed by atoms with Crippen molar-refractivity contribution in [3.63, 3.8) is 0 Å². The van der Waals surface area contributed by atoms with Gasteiger partial charge in [0.1, 0.15) is 0 Å². The Kier molecular flexibility index (Phi) is 3.62. The van der Waals surface area contributed by atoms with E-state index in [0.717, 1.165) is 4.58 Å². The second-order valence-corrected chi connectivity index (χ2v) is 6.11. The molecule has 1 aromatic rings. The highest BCUT2D eigenvalue weighted by molar-refractivity contribution is 8.17. The zero-order valence-electron chi connectivity index (χ0n) is 7.61. The summed E-state index contributed by atoms with van der Waals surface area (Å²) in [5.41, 5.74) is 0. The molecule has 0 saturated carbocycles. The summed E-state index contributed by atoms with van der Waals surface area (Å²) in [6, 6.07) is 10.7. The van der Waals surface area contributed by atoms with Crippen LogP contribution < -0.4 is 0 Å². The third-order valence-corrected chi connectivity index (χ3v) is 5.02. The van der Waals surface area contributed by atoms with Gasteiger partial charge in [0.2, 0.25) is 0 Å². The van der Waals surface area contributed by atoms with Crippen molar-refractivity contribution in [2.45, 2.75) is 28.7 Å². The summed E-state index contributed by atoms with van der Waals surface area (Å²) < 4.78 is 0.802. The van der Waals surface area contributed by atoms with Gasteiger partial charge in [0, 0.05) is 4.90 Å². The van der Waals surface area contributed by atoms with E-state index in [1.807, 2.05) is 11.8 Å². The highest BCUT2D eigenvalue weighted by atomic mass is 32.2. The van der Waals surface area contributed by atoms with E-state index in [1.54, 1.807) is 0 Å². The molecule has 1 aliphatic heterocycles. The van der Waals surface area contributed by atoms with E-state index in [2.05, 4.69) is 42.1 Å². The predicted octanol–water partition coefficient (Wildman–Crippen LogP) is 4.02. The molecule has 2 rings (SSSR count). The minimum absolute atomic E-state index is 0.802. The first-order valence-electron chi connectivity index (χ1n) is 4.78. The molecule has 0 amide bonds. The molecule has 0 aliphatic carbocycles. The molecule has 1 heterocycles. The van der Waals surface area contributed by atoms with Crippen LogP contribution in [0.15, 0.2) is 35.2 Å². The molecule has 0 nitrogen and oxygen atoms in total. The maximum Gasteiger partial charge on any atom is 0.0549 e. The maximum atomic E-state index is 2.21. The molecule has 0 radical (unpaired) electrons. The van der Waals surface area contributed by atoms with E-state index in [-0.39, 0.29) is 0 Å². The largest absolute Gasteiger partial charge is 0.147 e. The minimum Gasteiger partial charge on any atom is -0.147 e. The molecule has 1 unspecified atom stereocenters. The minimum atomic E-state index is 0.802. The van der Waals surface area contributed by atoms with Crippen molar-refractivity contribution in [2.75, 3.05) is 5.75 Å². The lowest BCUT2D eigenvalue weighted by molar-refractivity contribution is 0.747. The topological polar surface area (TPSA) is 0 Å². The summed E-state index contributed by atoms with van der Waals surface area (Å²) in [4.78, 5) is 1.42. The van der Waals surface area contributed by atoms with E-state index in [4.69, 9.17) is 0 Å². The summed E-state index contributed by atoms with van der Waals surface area (Å²) >= 11 is 4.15. The summed E-state index contributed by atoms with van der Waals surface area (Å²) in [7, 11) is 0. The summed E-state index contributed by atoms with van der Waals surface area (Å²) in [6.45, 7) is 0. The second-order valence-electron chi connectivity index (χ2n) is 3.23. The quantitative estimate of drug-likeness (QED) is 0.723. The molecule has 70 valence electrons. The lowest BCUT2D eigenvalue weighted by atomic mass is 10.3. The van der Waals surface area contributed by atoms with Crippen molar-refractivity contribution >= 4 is 23.5 Å². The summed E-state index contributed by atoms with van der Waals surface area (Å²) in [5.74, 6) is 1.35. The smallest absolute Gasteiger partial charge is 0.0549 e. The van der Waals surface area contributed by atoms with Gasteiger partial charge in [-0.3, -0.25) is 0 Å². The Labute approximate surface area is 88.5 Å². The van der Waals surface area contributed by atoms with E-state index in [0.29, 0.717) is 0 Å². The third kappa shape index (κ3) is 2.96. The number of hydrogen-bond donors (Lipinski definition) is 0. The SMILES string of the molecule is c1ccc(SC2CCCCS2)cc1. The third-order valence-electron chi connectivity index (χ3n) is 2.15. The average molecular weight is 210 g/mol. The Bertz CT molecular complexity index is 240. The van der Waals surface area contributed by atoms with Crippen LogP contribution in [0.25, 0.3) is 0 Å². The fourth-order valence-corrected chi connectivity index (χ4v) is 4.22. The molecular weight excluding hydrogens is 196 g/mol. The Morgan fingerprint density at radius 2 is 2.00 bits per heavy atom. The number of thioether (sulfide) groups is 2. The lowest BCUT2D eigenvalue weighted by Crippen LogP contribution is -2.04. The van der Waals surface area contributed by atoms with Crippen LogP contribution in [-0.4, -0.2) is 10.3 Å². The molecule has 1 aliphatic rings. The van der Waals surface area contributed by atoms with Crippen LogP contribution >= 0.6 is 23.5 Å². The molecule has 1 aromatic carbocycles. The Morgan fingerprint density at radius 1 is 1.15 bits per heavy atom. The van der Waals surface area contributed by atoms with Crippen molar-refractivity contribution in [1.82, 2.24) is 0 Å². The Hall–Kier alpha value is -0.0800. The molecule has 2 heteroatoms. The molecule has 0 aromatic heterocycles. The highest BCUT2D eigenvalue weighted by Gasteiger charge is 2.14. The van der Waals surface area contributed by atoms with Gasteiger partial charge in [0.25, 0.3) is 0 Å². The van der Waals surface area contributed by atoms with E-state index >= 15 is 0 Å². The van der Waals surface area contributed by atoms with Gasteiger partial charge in [0.15, 0.2) is 0 Å². The highest BCUT2D eigenvalue weighted by Crippen LogP contribution is 2.37. The van der Waals surface area contributed by atoms with Crippen molar-refractivity contribution in [3.8, 4) is 0 Å². The molecule has 0 N–H and O–H groups in total. The van der Waals surface area contributed by atoms with Crippen LogP contribution in [-0.2, 0) is 0 Å². The Balaban J connectivity index is 1.90. The first-order chi connectivity index (χ1) is 6.45. The standard InChI is InChI=1S/C11H14S2/c1-2-6-10(7-3-1)13-11-8-4-5-9-12-11/h1-3,6-7,11H,4-5,8-9H2. The average Bonchev–Trinajstić information content (AvgIpc) is 2.21.